The monoisotopic (exact) mass is 530 g/mol. The van der Waals surface area contributed by atoms with Gasteiger partial charge in [0.1, 0.15) is 28.8 Å². The number of methoxy groups -OCH3 is 1. The van der Waals surface area contributed by atoms with E-state index >= 15 is 0 Å². The lowest BCUT2D eigenvalue weighted by molar-refractivity contribution is -0.112. The first-order chi connectivity index (χ1) is 19.4. The van der Waals surface area contributed by atoms with Crippen LogP contribution < -0.4 is 15.6 Å². The van der Waals surface area contributed by atoms with Crippen LogP contribution in [0.4, 0.5) is 5.69 Å². The molecule has 0 aliphatic heterocycles. The van der Waals surface area contributed by atoms with Gasteiger partial charge in [0.15, 0.2) is 0 Å². The molecule has 40 heavy (non-hydrogen) atoms. The number of hydrogen-bond donors (Lipinski definition) is 1. The number of para-hydroxylation sites is 2. The minimum Gasteiger partial charge on any atom is -0.497 e. The van der Waals surface area contributed by atoms with E-state index in [9.17, 15) is 14.9 Å². The van der Waals surface area contributed by atoms with Gasteiger partial charge in [-0.2, -0.15) is 10.4 Å². The Kier molecular flexibility index (Phi) is 7.16. The van der Waals surface area contributed by atoms with Crippen molar-refractivity contribution in [3.05, 3.63) is 118 Å². The van der Waals surface area contributed by atoms with Crippen LogP contribution >= 0.6 is 0 Å². The van der Waals surface area contributed by atoms with Crippen LogP contribution in [0.5, 0.6) is 5.75 Å². The molecule has 1 N–H and O–H groups in total. The predicted molar refractivity (Wildman–Crippen MR) is 154 cm³/mol. The fourth-order valence-electron chi connectivity index (χ4n) is 4.40. The Bertz CT molecular complexity index is 1820. The molecule has 3 aromatic carbocycles. The first-order valence-electron chi connectivity index (χ1n) is 12.5. The Balaban J connectivity index is 1.55. The molecule has 0 radical (unpaired) electrons. The summed E-state index contributed by atoms with van der Waals surface area (Å²) in [7, 11) is 3.32. The van der Waals surface area contributed by atoms with Crippen LogP contribution in [0.25, 0.3) is 28.7 Å². The second-order valence-electron chi connectivity index (χ2n) is 9.01. The van der Waals surface area contributed by atoms with E-state index in [1.54, 1.807) is 48.8 Å². The summed E-state index contributed by atoms with van der Waals surface area (Å²) in [5.74, 6) is -0.0493. The third-order valence-corrected chi connectivity index (χ3v) is 6.56. The predicted octanol–water partition coefficient (Wildman–Crippen LogP) is 4.89. The van der Waals surface area contributed by atoms with Gasteiger partial charge < -0.3 is 10.1 Å². The number of nitrogens with zero attached hydrogens (tertiary/aromatic N) is 5. The number of amides is 1. The topological polar surface area (TPSA) is 107 Å². The van der Waals surface area contributed by atoms with E-state index in [1.165, 1.54) is 10.8 Å². The maximum atomic E-state index is 13.3. The van der Waals surface area contributed by atoms with E-state index in [0.29, 0.717) is 28.4 Å². The number of aromatic nitrogens is 4. The number of nitriles is 1. The van der Waals surface area contributed by atoms with Crippen molar-refractivity contribution >= 4 is 17.7 Å². The zero-order valence-electron chi connectivity index (χ0n) is 22.2. The van der Waals surface area contributed by atoms with Crippen LogP contribution in [0.15, 0.2) is 101 Å². The maximum absolute atomic E-state index is 13.3. The normalized spacial score (nSPS) is 11.2. The molecule has 5 aromatic rings. The number of carbonyl (C=O) groups is 1. The van der Waals surface area contributed by atoms with Gasteiger partial charge in [0.2, 0.25) is 0 Å². The van der Waals surface area contributed by atoms with E-state index in [-0.39, 0.29) is 11.3 Å². The Morgan fingerprint density at radius 3 is 2.33 bits per heavy atom. The number of carbonyl (C=O) groups excluding carboxylic acids is 1. The minimum atomic E-state index is -0.697. The van der Waals surface area contributed by atoms with Gasteiger partial charge in [-0.25, -0.2) is 9.36 Å². The number of nitrogens with one attached hydrogen (secondary N) is 1. The molecule has 0 aliphatic carbocycles. The van der Waals surface area contributed by atoms with Gasteiger partial charge in [0, 0.05) is 24.4 Å². The molecule has 9 heteroatoms. The first-order valence-corrected chi connectivity index (χ1v) is 12.5. The Morgan fingerprint density at radius 2 is 1.68 bits per heavy atom. The summed E-state index contributed by atoms with van der Waals surface area (Å²) in [5.41, 5.74) is 3.42. The lowest BCUT2D eigenvalue weighted by Gasteiger charge is -2.07. The average Bonchev–Trinajstić information content (AvgIpc) is 3.51. The molecule has 0 spiro atoms. The van der Waals surface area contributed by atoms with Crippen LogP contribution in [0.3, 0.4) is 0 Å². The highest BCUT2D eigenvalue weighted by molar-refractivity contribution is 6.10. The third kappa shape index (κ3) is 4.93. The van der Waals surface area contributed by atoms with E-state index in [0.717, 1.165) is 11.3 Å². The second-order valence-corrected chi connectivity index (χ2v) is 9.01. The number of ether oxygens (including phenoxy) is 1. The summed E-state index contributed by atoms with van der Waals surface area (Å²) in [5, 5.41) is 17.4. The van der Waals surface area contributed by atoms with E-state index in [4.69, 9.17) is 9.84 Å². The standard InChI is InChI=1S/C31H26N6O3/c1-21-28(31(39)37(35(21)2)26-14-8-5-9-15-26)33-30(38)23(19-32)17-24-20-36(25-12-6-4-7-13-25)34-29(24)22-11-10-16-27(18-22)40-3/h4-18,20H,1-3H3,(H,33,38)/b23-17-. The zero-order chi connectivity index (χ0) is 28.2. The SMILES string of the molecule is COc1cccc(-c2nn(-c3ccccc3)cc2/C=C(/C#N)C(=O)Nc2c(C)n(C)n(-c3ccccc3)c2=O)c1. The number of rotatable bonds is 7. The molecular formula is C31H26N6O3. The smallest absolute Gasteiger partial charge is 0.295 e. The summed E-state index contributed by atoms with van der Waals surface area (Å²) in [6.07, 6.45) is 3.23. The van der Waals surface area contributed by atoms with E-state index in [1.807, 2.05) is 78.9 Å². The van der Waals surface area contributed by atoms with Gasteiger partial charge in [-0.05, 0) is 49.4 Å². The maximum Gasteiger partial charge on any atom is 0.295 e. The summed E-state index contributed by atoms with van der Waals surface area (Å²) in [4.78, 5) is 26.6. The molecule has 0 aliphatic rings. The first kappa shape index (κ1) is 26.0. The number of benzene rings is 3. The molecule has 9 nitrogen and oxygen atoms in total. The van der Waals surface area contributed by atoms with Crippen molar-refractivity contribution in [1.29, 1.82) is 5.26 Å². The fraction of sp³-hybridized carbons (Fsp3) is 0.0968. The molecule has 0 saturated carbocycles. The molecule has 0 fully saturated rings. The van der Waals surface area contributed by atoms with Crippen molar-refractivity contribution in [2.24, 2.45) is 7.05 Å². The molecule has 0 atom stereocenters. The number of anilines is 1. The lowest BCUT2D eigenvalue weighted by atomic mass is 10.1. The van der Waals surface area contributed by atoms with Crippen molar-refractivity contribution < 1.29 is 9.53 Å². The summed E-state index contributed by atoms with van der Waals surface area (Å²) >= 11 is 0. The number of hydrogen-bond acceptors (Lipinski definition) is 5. The molecule has 5 rings (SSSR count). The molecule has 1 amide bonds. The van der Waals surface area contributed by atoms with Crippen molar-refractivity contribution in [2.75, 3.05) is 12.4 Å². The third-order valence-electron chi connectivity index (χ3n) is 6.56. The Morgan fingerprint density at radius 1 is 1.00 bits per heavy atom. The fourth-order valence-corrected chi connectivity index (χ4v) is 4.40. The minimum absolute atomic E-state index is 0.102. The van der Waals surface area contributed by atoms with Gasteiger partial charge in [-0.15, -0.1) is 0 Å². The van der Waals surface area contributed by atoms with Crippen molar-refractivity contribution in [3.63, 3.8) is 0 Å². The van der Waals surface area contributed by atoms with Crippen LogP contribution in [0.1, 0.15) is 11.3 Å². The molecule has 0 unspecified atom stereocenters. The molecule has 2 aromatic heterocycles. The van der Waals surface area contributed by atoms with E-state index in [2.05, 4.69) is 5.32 Å². The molecule has 198 valence electrons. The largest absolute Gasteiger partial charge is 0.497 e. The molecule has 2 heterocycles. The quantitative estimate of drug-likeness (QED) is 0.238. The molecule has 0 saturated heterocycles. The highest BCUT2D eigenvalue weighted by Crippen LogP contribution is 2.28. The second kappa shape index (κ2) is 11.0. The van der Waals surface area contributed by atoms with Crippen molar-refractivity contribution in [3.8, 4) is 34.5 Å². The van der Waals surface area contributed by atoms with Crippen LogP contribution in [-0.2, 0) is 11.8 Å². The van der Waals surface area contributed by atoms with E-state index < -0.39 is 11.5 Å². The van der Waals surface area contributed by atoms with Crippen LogP contribution in [-0.4, -0.2) is 32.2 Å². The van der Waals surface area contributed by atoms with Gasteiger partial charge in [0.05, 0.1) is 24.2 Å². The van der Waals surface area contributed by atoms with Crippen molar-refractivity contribution in [2.45, 2.75) is 6.92 Å². The summed E-state index contributed by atoms with van der Waals surface area (Å²) < 4.78 is 10.2. The average molecular weight is 531 g/mol. The van der Waals surface area contributed by atoms with Crippen molar-refractivity contribution in [1.82, 2.24) is 19.1 Å². The highest BCUT2D eigenvalue weighted by Gasteiger charge is 2.21. The summed E-state index contributed by atoms with van der Waals surface area (Å²) in [6, 6.07) is 28.0. The highest BCUT2D eigenvalue weighted by atomic mass is 16.5. The summed E-state index contributed by atoms with van der Waals surface area (Å²) in [6.45, 7) is 1.73. The lowest BCUT2D eigenvalue weighted by Crippen LogP contribution is -2.23. The van der Waals surface area contributed by atoms with Gasteiger partial charge in [-0.3, -0.25) is 14.3 Å². The molecular weight excluding hydrogens is 504 g/mol. The van der Waals surface area contributed by atoms with Gasteiger partial charge in [-0.1, -0.05) is 48.5 Å². The Labute approximate surface area is 230 Å². The van der Waals surface area contributed by atoms with Crippen LogP contribution in [0.2, 0.25) is 0 Å². The van der Waals surface area contributed by atoms with Gasteiger partial charge >= 0.3 is 0 Å². The van der Waals surface area contributed by atoms with Crippen LogP contribution in [0, 0.1) is 18.3 Å². The molecule has 0 bridgehead atoms. The van der Waals surface area contributed by atoms with Gasteiger partial charge in [0.25, 0.3) is 11.5 Å². The Hall–Kier alpha value is -5.62. The zero-order valence-corrected chi connectivity index (χ0v) is 22.2.